The van der Waals surface area contributed by atoms with Gasteiger partial charge >= 0.3 is 5.97 Å². The normalized spacial score (nSPS) is 10.3. The van der Waals surface area contributed by atoms with Crippen LogP contribution in [0.15, 0.2) is 24.3 Å². The van der Waals surface area contributed by atoms with Crippen molar-refractivity contribution >= 4 is 40.5 Å². The van der Waals surface area contributed by atoms with E-state index in [0.29, 0.717) is 16.3 Å². The molecule has 0 saturated heterocycles. The smallest absolute Gasteiger partial charge is 0.358 e. The summed E-state index contributed by atoms with van der Waals surface area (Å²) in [6.07, 6.45) is 0. The molecule has 1 N–H and O–H groups in total. The van der Waals surface area contributed by atoms with Crippen LogP contribution in [0.4, 0.5) is 11.4 Å². The Morgan fingerprint density at radius 2 is 1.90 bits per heavy atom. The number of aryl methyl sites for hydroxylation is 1. The lowest BCUT2D eigenvalue weighted by Gasteiger charge is -2.16. The lowest BCUT2D eigenvalue weighted by molar-refractivity contribution is 0.0595. The van der Waals surface area contributed by atoms with Crippen LogP contribution in [0.5, 0.6) is 0 Å². The summed E-state index contributed by atoms with van der Waals surface area (Å²) in [4.78, 5) is 15.9. The SMILES string of the molecule is COC(=O)c1nc(Cl)c(Cl)c(C)c1Nc1ccccc1C. The van der Waals surface area contributed by atoms with Gasteiger partial charge in [-0.1, -0.05) is 41.4 Å². The molecule has 0 spiro atoms. The predicted molar refractivity (Wildman–Crippen MR) is 84.8 cm³/mol. The fraction of sp³-hybridized carbons (Fsp3) is 0.200. The summed E-state index contributed by atoms with van der Waals surface area (Å²) in [6.45, 7) is 3.73. The molecule has 0 aliphatic heterocycles. The third kappa shape index (κ3) is 3.12. The highest BCUT2D eigenvalue weighted by Gasteiger charge is 2.21. The molecule has 1 aromatic heterocycles. The van der Waals surface area contributed by atoms with Gasteiger partial charge in [-0.3, -0.25) is 0 Å². The number of hydrogen-bond donors (Lipinski definition) is 1. The van der Waals surface area contributed by atoms with Crippen molar-refractivity contribution in [2.75, 3.05) is 12.4 Å². The van der Waals surface area contributed by atoms with Crippen molar-refractivity contribution in [3.63, 3.8) is 0 Å². The fourth-order valence-electron chi connectivity index (χ4n) is 1.89. The number of aromatic nitrogens is 1. The maximum atomic E-state index is 11.9. The van der Waals surface area contributed by atoms with Crippen LogP contribution in [0.3, 0.4) is 0 Å². The first-order valence-corrected chi connectivity index (χ1v) is 6.97. The van der Waals surface area contributed by atoms with Gasteiger partial charge in [0.1, 0.15) is 5.15 Å². The Morgan fingerprint density at radius 3 is 2.52 bits per heavy atom. The molecule has 0 atom stereocenters. The summed E-state index contributed by atoms with van der Waals surface area (Å²) in [5, 5.41) is 3.57. The summed E-state index contributed by atoms with van der Waals surface area (Å²) in [6, 6.07) is 7.69. The molecule has 21 heavy (non-hydrogen) atoms. The highest BCUT2D eigenvalue weighted by Crippen LogP contribution is 2.34. The molecule has 2 aromatic rings. The van der Waals surface area contributed by atoms with E-state index in [1.165, 1.54) is 7.11 Å². The number of benzene rings is 1. The van der Waals surface area contributed by atoms with E-state index in [2.05, 4.69) is 10.3 Å². The van der Waals surface area contributed by atoms with E-state index in [0.717, 1.165) is 11.3 Å². The van der Waals surface area contributed by atoms with Gasteiger partial charge in [-0.15, -0.1) is 0 Å². The highest BCUT2D eigenvalue weighted by molar-refractivity contribution is 6.42. The van der Waals surface area contributed by atoms with Gasteiger partial charge < -0.3 is 10.1 Å². The molecule has 110 valence electrons. The second-order valence-corrected chi connectivity index (χ2v) is 5.23. The Bertz CT molecular complexity index is 702. The largest absolute Gasteiger partial charge is 0.464 e. The van der Waals surface area contributed by atoms with Crippen molar-refractivity contribution in [1.82, 2.24) is 4.98 Å². The van der Waals surface area contributed by atoms with E-state index < -0.39 is 5.97 Å². The summed E-state index contributed by atoms with van der Waals surface area (Å²) >= 11 is 12.1. The third-order valence-electron chi connectivity index (χ3n) is 3.12. The van der Waals surface area contributed by atoms with Gasteiger partial charge in [0, 0.05) is 5.69 Å². The van der Waals surface area contributed by atoms with Gasteiger partial charge in [0.25, 0.3) is 0 Å². The number of anilines is 2. The molecule has 1 aromatic carbocycles. The van der Waals surface area contributed by atoms with Crippen LogP contribution in [0.2, 0.25) is 10.2 Å². The number of rotatable bonds is 3. The number of methoxy groups -OCH3 is 1. The lowest BCUT2D eigenvalue weighted by Crippen LogP contribution is -2.11. The molecule has 0 aliphatic rings. The molecule has 0 bridgehead atoms. The van der Waals surface area contributed by atoms with E-state index in [1.54, 1.807) is 6.92 Å². The molecule has 0 aliphatic carbocycles. The van der Waals surface area contributed by atoms with Crippen LogP contribution >= 0.6 is 23.2 Å². The van der Waals surface area contributed by atoms with E-state index >= 15 is 0 Å². The Morgan fingerprint density at radius 1 is 1.24 bits per heavy atom. The standard InChI is InChI=1S/C15H14Cl2N2O2/c1-8-6-4-5-7-10(8)18-12-9(2)11(16)14(17)19-13(12)15(20)21-3/h4-7,18H,1-3H3. The first-order valence-electron chi connectivity index (χ1n) is 6.22. The van der Waals surface area contributed by atoms with Crippen molar-refractivity contribution < 1.29 is 9.53 Å². The number of carbonyl (C=O) groups is 1. The van der Waals surface area contributed by atoms with Gasteiger partial charge in [-0.25, -0.2) is 9.78 Å². The molecule has 4 nitrogen and oxygen atoms in total. The molecular formula is C15H14Cl2N2O2. The second-order valence-electron chi connectivity index (χ2n) is 4.50. The van der Waals surface area contributed by atoms with Crippen molar-refractivity contribution in [2.24, 2.45) is 0 Å². The number of esters is 1. The molecule has 0 fully saturated rings. The number of hydrogen-bond acceptors (Lipinski definition) is 4. The molecule has 0 saturated carbocycles. The van der Waals surface area contributed by atoms with E-state index in [-0.39, 0.29) is 10.8 Å². The second kappa shape index (κ2) is 6.33. The zero-order valence-corrected chi connectivity index (χ0v) is 13.3. The maximum Gasteiger partial charge on any atom is 0.358 e. The molecule has 2 rings (SSSR count). The van der Waals surface area contributed by atoms with Crippen LogP contribution in [0, 0.1) is 13.8 Å². The minimum atomic E-state index is -0.576. The summed E-state index contributed by atoms with van der Waals surface area (Å²) in [5.41, 5.74) is 3.11. The number of nitrogens with one attached hydrogen (secondary N) is 1. The zero-order chi connectivity index (χ0) is 15.6. The van der Waals surface area contributed by atoms with E-state index in [4.69, 9.17) is 27.9 Å². The fourth-order valence-corrected chi connectivity index (χ4v) is 2.25. The molecular weight excluding hydrogens is 311 g/mol. The highest BCUT2D eigenvalue weighted by atomic mass is 35.5. The minimum Gasteiger partial charge on any atom is -0.464 e. The van der Waals surface area contributed by atoms with Gasteiger partial charge in [0.2, 0.25) is 0 Å². The van der Waals surface area contributed by atoms with Gasteiger partial charge in [-0.2, -0.15) is 0 Å². The van der Waals surface area contributed by atoms with Gasteiger partial charge in [-0.05, 0) is 31.0 Å². The number of carbonyl (C=O) groups excluding carboxylic acids is 1. The summed E-state index contributed by atoms with van der Waals surface area (Å²) < 4.78 is 4.75. The van der Waals surface area contributed by atoms with E-state index in [1.807, 2.05) is 31.2 Å². The van der Waals surface area contributed by atoms with Gasteiger partial charge in [0.05, 0.1) is 17.8 Å². The topological polar surface area (TPSA) is 51.2 Å². The first kappa shape index (κ1) is 15.6. The minimum absolute atomic E-state index is 0.0740. The Balaban J connectivity index is 2.59. The number of pyridine rings is 1. The van der Waals surface area contributed by atoms with Crippen LogP contribution in [-0.4, -0.2) is 18.1 Å². The summed E-state index contributed by atoms with van der Waals surface area (Å²) in [7, 11) is 1.29. The van der Waals surface area contributed by atoms with Gasteiger partial charge in [0.15, 0.2) is 5.69 Å². The maximum absolute atomic E-state index is 11.9. The van der Waals surface area contributed by atoms with Crippen molar-refractivity contribution in [1.29, 1.82) is 0 Å². The van der Waals surface area contributed by atoms with E-state index in [9.17, 15) is 4.79 Å². The average Bonchev–Trinajstić information content (AvgIpc) is 2.48. The van der Waals surface area contributed by atoms with Crippen LogP contribution in [0.1, 0.15) is 21.6 Å². The Hall–Kier alpha value is -1.78. The molecule has 0 unspecified atom stereocenters. The number of ether oxygens (including phenoxy) is 1. The quantitative estimate of drug-likeness (QED) is 0.665. The predicted octanol–water partition coefficient (Wildman–Crippen LogP) is 4.54. The molecule has 1 heterocycles. The lowest BCUT2D eigenvalue weighted by atomic mass is 10.1. The number of nitrogens with zero attached hydrogens (tertiary/aromatic N) is 1. The Labute approximate surface area is 133 Å². The third-order valence-corrected chi connectivity index (χ3v) is 3.95. The van der Waals surface area contributed by atoms with Crippen molar-refractivity contribution in [2.45, 2.75) is 13.8 Å². The number of halogens is 2. The molecule has 6 heteroatoms. The zero-order valence-electron chi connectivity index (χ0n) is 11.8. The average molecular weight is 325 g/mol. The molecule has 0 amide bonds. The Kier molecular flexibility index (Phi) is 4.70. The van der Waals surface area contributed by atoms with Crippen LogP contribution in [-0.2, 0) is 4.74 Å². The molecule has 0 radical (unpaired) electrons. The van der Waals surface area contributed by atoms with Crippen molar-refractivity contribution in [3.8, 4) is 0 Å². The monoisotopic (exact) mass is 324 g/mol. The van der Waals surface area contributed by atoms with Crippen LogP contribution < -0.4 is 5.32 Å². The number of para-hydroxylation sites is 1. The van der Waals surface area contributed by atoms with Crippen molar-refractivity contribution in [3.05, 3.63) is 51.3 Å². The van der Waals surface area contributed by atoms with Crippen LogP contribution in [0.25, 0.3) is 0 Å². The summed E-state index contributed by atoms with van der Waals surface area (Å²) in [5.74, 6) is -0.576. The first-order chi connectivity index (χ1) is 9.95.